The first kappa shape index (κ1) is 13.0. The number of nitrogens with two attached hydrogens (primary N) is 1. The minimum absolute atomic E-state index is 0.337. The van der Waals surface area contributed by atoms with Crippen LogP contribution in [0.4, 0.5) is 0 Å². The van der Waals surface area contributed by atoms with Crippen LogP contribution in [-0.2, 0) is 6.54 Å². The number of nitrogens with one attached hydrogen (secondary N) is 1. The summed E-state index contributed by atoms with van der Waals surface area (Å²) in [5.74, 6) is 0.883. The lowest BCUT2D eigenvalue weighted by Crippen LogP contribution is -2.42. The molecule has 0 atom stereocenters. The predicted octanol–water partition coefficient (Wildman–Crippen LogP) is 2.39. The molecule has 17 heavy (non-hydrogen) atoms. The van der Waals surface area contributed by atoms with Gasteiger partial charge in [0.25, 0.3) is 0 Å². The van der Waals surface area contributed by atoms with Crippen LogP contribution in [0.1, 0.15) is 37.6 Å². The zero-order chi connectivity index (χ0) is 12.1. The van der Waals surface area contributed by atoms with E-state index < -0.39 is 0 Å². The average molecular weight is 253 g/mol. The monoisotopic (exact) mass is 253 g/mol. The summed E-state index contributed by atoms with van der Waals surface area (Å²) in [6.45, 7) is 5.08. The van der Waals surface area contributed by atoms with Crippen LogP contribution in [0.25, 0.3) is 0 Å². The molecule has 1 aliphatic rings. The summed E-state index contributed by atoms with van der Waals surface area (Å²) in [6.07, 6.45) is 7.07. The predicted molar refractivity (Wildman–Crippen MR) is 72.9 cm³/mol. The molecule has 0 amide bonds. The van der Waals surface area contributed by atoms with E-state index >= 15 is 0 Å². The molecule has 1 fully saturated rings. The van der Waals surface area contributed by atoms with E-state index in [0.29, 0.717) is 5.41 Å². The lowest BCUT2D eigenvalue weighted by molar-refractivity contribution is 0.159. The highest BCUT2D eigenvalue weighted by Gasteiger charge is 2.32. The van der Waals surface area contributed by atoms with Gasteiger partial charge in [0.1, 0.15) is 5.01 Å². The van der Waals surface area contributed by atoms with Crippen LogP contribution in [0.5, 0.6) is 0 Å². The van der Waals surface area contributed by atoms with Crippen molar-refractivity contribution in [2.24, 2.45) is 17.1 Å². The minimum Gasteiger partial charge on any atom is -0.330 e. The van der Waals surface area contributed by atoms with Crippen molar-refractivity contribution < 1.29 is 0 Å². The van der Waals surface area contributed by atoms with Crippen molar-refractivity contribution >= 4 is 11.3 Å². The maximum Gasteiger partial charge on any atom is 0.106 e. The van der Waals surface area contributed by atoms with E-state index in [1.165, 1.54) is 30.7 Å². The highest BCUT2D eigenvalue weighted by atomic mass is 32.1. The Balaban J connectivity index is 1.79. The Morgan fingerprint density at radius 2 is 2.29 bits per heavy atom. The molecule has 1 heterocycles. The van der Waals surface area contributed by atoms with E-state index in [4.69, 9.17) is 5.73 Å². The lowest BCUT2D eigenvalue weighted by Gasteiger charge is -2.38. The number of nitrogens with zero attached hydrogens (tertiary/aromatic N) is 1. The Kier molecular flexibility index (Phi) is 4.54. The summed E-state index contributed by atoms with van der Waals surface area (Å²) >= 11 is 1.71. The zero-order valence-corrected chi connectivity index (χ0v) is 11.4. The Morgan fingerprint density at radius 3 is 2.88 bits per heavy atom. The molecule has 3 nitrogen and oxygen atoms in total. The van der Waals surface area contributed by atoms with Crippen LogP contribution in [-0.4, -0.2) is 18.1 Å². The fourth-order valence-electron chi connectivity index (χ4n) is 2.60. The van der Waals surface area contributed by atoms with Gasteiger partial charge in [-0.25, -0.2) is 4.98 Å². The van der Waals surface area contributed by atoms with E-state index in [-0.39, 0.29) is 0 Å². The summed E-state index contributed by atoms with van der Waals surface area (Å²) in [4.78, 5) is 4.28. The van der Waals surface area contributed by atoms with Gasteiger partial charge in [0.2, 0.25) is 0 Å². The Hall–Kier alpha value is -0.450. The van der Waals surface area contributed by atoms with Crippen LogP contribution in [0.2, 0.25) is 0 Å². The second-order valence-corrected chi connectivity index (χ2v) is 6.40. The summed E-state index contributed by atoms with van der Waals surface area (Å²) in [6, 6.07) is 0. The van der Waals surface area contributed by atoms with Crippen LogP contribution < -0.4 is 11.1 Å². The van der Waals surface area contributed by atoms with E-state index in [2.05, 4.69) is 17.2 Å². The highest BCUT2D eigenvalue weighted by Crippen LogP contribution is 2.37. The Morgan fingerprint density at radius 1 is 1.53 bits per heavy atom. The largest absolute Gasteiger partial charge is 0.330 e. The van der Waals surface area contributed by atoms with Gasteiger partial charge in [-0.3, -0.25) is 0 Å². The topological polar surface area (TPSA) is 50.9 Å². The normalized spacial score (nSPS) is 29.4. The van der Waals surface area contributed by atoms with E-state index in [0.717, 1.165) is 25.6 Å². The molecule has 3 N–H and O–H groups in total. The van der Waals surface area contributed by atoms with Crippen LogP contribution in [0, 0.1) is 11.3 Å². The van der Waals surface area contributed by atoms with Gasteiger partial charge in [0.05, 0.1) is 0 Å². The zero-order valence-electron chi connectivity index (χ0n) is 10.6. The molecule has 1 aromatic rings. The van der Waals surface area contributed by atoms with Gasteiger partial charge in [-0.05, 0) is 30.7 Å². The number of aromatic nitrogens is 1. The summed E-state index contributed by atoms with van der Waals surface area (Å²) in [5, 5.41) is 6.73. The SMILES string of the molecule is CC1CCC(CN)(CNCc2nccs2)CC1. The van der Waals surface area contributed by atoms with Crippen molar-refractivity contribution in [3.05, 3.63) is 16.6 Å². The van der Waals surface area contributed by atoms with Gasteiger partial charge in [0, 0.05) is 24.7 Å². The van der Waals surface area contributed by atoms with Crippen molar-refractivity contribution in [2.75, 3.05) is 13.1 Å². The third-order valence-electron chi connectivity index (χ3n) is 4.03. The molecule has 2 rings (SSSR count). The number of hydrogen-bond donors (Lipinski definition) is 2. The fourth-order valence-corrected chi connectivity index (χ4v) is 3.19. The first-order chi connectivity index (χ1) is 8.24. The lowest BCUT2D eigenvalue weighted by atomic mass is 9.71. The molecule has 1 aromatic heterocycles. The quantitative estimate of drug-likeness (QED) is 0.847. The summed E-state index contributed by atoms with van der Waals surface area (Å²) < 4.78 is 0. The fraction of sp³-hybridized carbons (Fsp3) is 0.769. The molecule has 1 aliphatic carbocycles. The van der Waals surface area contributed by atoms with E-state index in [1.807, 2.05) is 11.6 Å². The highest BCUT2D eigenvalue weighted by molar-refractivity contribution is 7.09. The first-order valence-corrected chi connectivity index (χ1v) is 7.41. The molecule has 0 bridgehead atoms. The molecular weight excluding hydrogens is 230 g/mol. The molecule has 1 saturated carbocycles. The Bertz CT molecular complexity index is 315. The first-order valence-electron chi connectivity index (χ1n) is 6.53. The minimum atomic E-state index is 0.337. The molecular formula is C13H23N3S. The number of thiazole rings is 1. The second kappa shape index (κ2) is 5.94. The average Bonchev–Trinajstić information content (AvgIpc) is 2.85. The maximum atomic E-state index is 5.99. The van der Waals surface area contributed by atoms with Crippen molar-refractivity contribution in [1.29, 1.82) is 0 Å². The molecule has 0 unspecified atom stereocenters. The van der Waals surface area contributed by atoms with Gasteiger partial charge in [-0.2, -0.15) is 0 Å². The van der Waals surface area contributed by atoms with Crippen LogP contribution >= 0.6 is 11.3 Å². The Labute approximate surface area is 108 Å². The van der Waals surface area contributed by atoms with Crippen LogP contribution in [0.15, 0.2) is 11.6 Å². The summed E-state index contributed by atoms with van der Waals surface area (Å²) in [7, 11) is 0. The van der Waals surface area contributed by atoms with Gasteiger partial charge in [-0.1, -0.05) is 19.8 Å². The molecule has 0 aliphatic heterocycles. The van der Waals surface area contributed by atoms with Crippen molar-refractivity contribution in [3.8, 4) is 0 Å². The molecule has 0 radical (unpaired) electrons. The van der Waals surface area contributed by atoms with Crippen molar-refractivity contribution in [3.63, 3.8) is 0 Å². The summed E-state index contributed by atoms with van der Waals surface area (Å²) in [5.41, 5.74) is 6.33. The number of hydrogen-bond acceptors (Lipinski definition) is 4. The van der Waals surface area contributed by atoms with Gasteiger partial charge in [-0.15, -0.1) is 11.3 Å². The van der Waals surface area contributed by atoms with E-state index in [1.54, 1.807) is 11.3 Å². The standard InChI is InChI=1S/C13H23N3S/c1-11-2-4-13(9-14,5-3-11)10-15-8-12-16-6-7-17-12/h6-7,11,15H,2-5,8-10,14H2,1H3. The molecule has 0 spiro atoms. The molecule has 0 saturated heterocycles. The maximum absolute atomic E-state index is 5.99. The van der Waals surface area contributed by atoms with Crippen molar-refractivity contribution in [2.45, 2.75) is 39.2 Å². The van der Waals surface area contributed by atoms with Gasteiger partial charge >= 0.3 is 0 Å². The van der Waals surface area contributed by atoms with Gasteiger partial charge < -0.3 is 11.1 Å². The third kappa shape index (κ3) is 3.50. The molecule has 4 heteroatoms. The molecule has 96 valence electrons. The third-order valence-corrected chi connectivity index (χ3v) is 4.81. The number of rotatable bonds is 5. The second-order valence-electron chi connectivity index (χ2n) is 5.42. The van der Waals surface area contributed by atoms with Crippen LogP contribution in [0.3, 0.4) is 0 Å². The van der Waals surface area contributed by atoms with E-state index in [9.17, 15) is 0 Å². The van der Waals surface area contributed by atoms with Gasteiger partial charge in [0.15, 0.2) is 0 Å². The van der Waals surface area contributed by atoms with Crippen molar-refractivity contribution in [1.82, 2.24) is 10.3 Å². The molecule has 0 aromatic carbocycles. The smallest absolute Gasteiger partial charge is 0.106 e.